The van der Waals surface area contributed by atoms with Gasteiger partial charge < -0.3 is 5.11 Å². The van der Waals surface area contributed by atoms with Crippen molar-refractivity contribution in [3.63, 3.8) is 0 Å². The predicted octanol–water partition coefficient (Wildman–Crippen LogP) is 2.81. The van der Waals surface area contributed by atoms with Gasteiger partial charge in [-0.05, 0) is 46.8 Å². The highest BCUT2D eigenvalue weighted by atomic mass is 79.9. The number of hydrogen-bond donors (Lipinski definition) is 2. The molecule has 110 valence electrons. The van der Waals surface area contributed by atoms with Crippen molar-refractivity contribution in [3.8, 4) is 0 Å². The molecule has 0 amide bonds. The average Bonchev–Trinajstić information content (AvgIpc) is 2.71. The van der Waals surface area contributed by atoms with Crippen molar-refractivity contribution in [3.05, 3.63) is 14.7 Å². The SMILES string of the molecule is CCSCCC(C)NS(=O)(=O)c1cc(CO)sc1Br. The normalized spacial score (nSPS) is 13.7. The van der Waals surface area contributed by atoms with E-state index in [-0.39, 0.29) is 17.5 Å². The Hall–Kier alpha value is 0.400. The molecule has 0 saturated heterocycles. The maximum absolute atomic E-state index is 12.2. The molecule has 19 heavy (non-hydrogen) atoms. The van der Waals surface area contributed by atoms with Crippen LogP contribution in [0, 0.1) is 0 Å². The molecule has 0 aliphatic carbocycles. The zero-order valence-corrected chi connectivity index (χ0v) is 14.9. The summed E-state index contributed by atoms with van der Waals surface area (Å²) in [5, 5.41) is 9.04. The predicted molar refractivity (Wildman–Crippen MR) is 85.3 cm³/mol. The fraction of sp³-hybridized carbons (Fsp3) is 0.636. The van der Waals surface area contributed by atoms with Crippen LogP contribution in [0.4, 0.5) is 0 Å². The molecule has 0 aromatic carbocycles. The number of aliphatic hydroxyl groups excluding tert-OH is 1. The Morgan fingerprint density at radius 2 is 2.26 bits per heavy atom. The lowest BCUT2D eigenvalue weighted by Gasteiger charge is -2.13. The first-order valence-electron chi connectivity index (χ1n) is 5.89. The Bertz CT molecular complexity index is 501. The van der Waals surface area contributed by atoms with Crippen molar-refractivity contribution in [1.29, 1.82) is 0 Å². The Labute approximate surface area is 131 Å². The van der Waals surface area contributed by atoms with Gasteiger partial charge in [0.25, 0.3) is 0 Å². The molecule has 2 N–H and O–H groups in total. The van der Waals surface area contributed by atoms with Gasteiger partial charge in [0.05, 0.1) is 10.4 Å². The van der Waals surface area contributed by atoms with E-state index in [2.05, 4.69) is 27.6 Å². The summed E-state index contributed by atoms with van der Waals surface area (Å²) < 4.78 is 27.6. The number of hydrogen-bond acceptors (Lipinski definition) is 5. The number of aliphatic hydroxyl groups is 1. The number of sulfonamides is 1. The molecule has 1 heterocycles. The van der Waals surface area contributed by atoms with Gasteiger partial charge in [-0.1, -0.05) is 6.92 Å². The molecule has 1 unspecified atom stereocenters. The summed E-state index contributed by atoms with van der Waals surface area (Å²) in [4.78, 5) is 0.831. The second-order valence-electron chi connectivity index (χ2n) is 4.02. The van der Waals surface area contributed by atoms with Gasteiger partial charge in [-0.2, -0.15) is 11.8 Å². The Morgan fingerprint density at radius 1 is 1.58 bits per heavy atom. The smallest absolute Gasteiger partial charge is 0.242 e. The van der Waals surface area contributed by atoms with Crippen molar-refractivity contribution in [1.82, 2.24) is 4.72 Å². The van der Waals surface area contributed by atoms with E-state index in [0.29, 0.717) is 8.66 Å². The van der Waals surface area contributed by atoms with Gasteiger partial charge in [0.15, 0.2) is 0 Å². The van der Waals surface area contributed by atoms with Gasteiger partial charge >= 0.3 is 0 Å². The number of rotatable bonds is 8. The third kappa shape index (κ3) is 5.35. The van der Waals surface area contributed by atoms with E-state index < -0.39 is 10.0 Å². The molecule has 1 atom stereocenters. The fourth-order valence-corrected chi connectivity index (χ4v) is 6.08. The van der Waals surface area contributed by atoms with Crippen molar-refractivity contribution >= 4 is 49.1 Å². The molecule has 1 rings (SSSR count). The summed E-state index contributed by atoms with van der Waals surface area (Å²) >= 11 is 6.26. The highest BCUT2D eigenvalue weighted by Crippen LogP contribution is 2.31. The van der Waals surface area contributed by atoms with Crippen LogP contribution in [0.25, 0.3) is 0 Å². The minimum absolute atomic E-state index is 0.103. The van der Waals surface area contributed by atoms with Crippen molar-refractivity contribution < 1.29 is 13.5 Å². The maximum atomic E-state index is 12.2. The fourth-order valence-electron chi connectivity index (χ4n) is 1.45. The first kappa shape index (κ1) is 17.5. The molecule has 0 saturated carbocycles. The van der Waals surface area contributed by atoms with Gasteiger partial charge in [-0.15, -0.1) is 11.3 Å². The van der Waals surface area contributed by atoms with Crippen molar-refractivity contribution in [2.24, 2.45) is 0 Å². The molecule has 0 radical (unpaired) electrons. The lowest BCUT2D eigenvalue weighted by Crippen LogP contribution is -2.33. The molecular weight excluding hydrogens is 370 g/mol. The second-order valence-corrected chi connectivity index (χ2v) is 9.55. The average molecular weight is 388 g/mol. The summed E-state index contributed by atoms with van der Waals surface area (Å²) in [6.45, 7) is 3.79. The topological polar surface area (TPSA) is 66.4 Å². The van der Waals surface area contributed by atoms with Crippen LogP contribution in [0.1, 0.15) is 25.1 Å². The monoisotopic (exact) mass is 387 g/mol. The van der Waals surface area contributed by atoms with Gasteiger partial charge in [-0.25, -0.2) is 13.1 Å². The van der Waals surface area contributed by atoms with Crippen molar-refractivity contribution in [2.45, 2.75) is 37.8 Å². The maximum Gasteiger partial charge on any atom is 0.242 e. The summed E-state index contributed by atoms with van der Waals surface area (Å²) in [6, 6.07) is 1.40. The Morgan fingerprint density at radius 3 is 2.79 bits per heavy atom. The molecule has 0 spiro atoms. The Balaban J connectivity index is 2.72. The molecule has 0 aliphatic heterocycles. The van der Waals surface area contributed by atoms with E-state index >= 15 is 0 Å². The number of nitrogens with one attached hydrogen (secondary N) is 1. The summed E-state index contributed by atoms with van der Waals surface area (Å²) in [5.74, 6) is 1.97. The van der Waals surface area contributed by atoms with Crippen LogP contribution in [0.5, 0.6) is 0 Å². The Kier molecular flexibility index (Phi) is 7.34. The molecule has 0 bridgehead atoms. The summed E-state index contributed by atoms with van der Waals surface area (Å²) in [6.07, 6.45) is 0.798. The third-order valence-electron chi connectivity index (χ3n) is 2.41. The molecule has 1 aromatic heterocycles. The molecule has 0 aliphatic rings. The standard InChI is InChI=1S/C11H18BrNO3S3/c1-3-17-5-4-8(2)13-19(15,16)10-6-9(7-14)18-11(10)12/h6,8,13-14H,3-5,7H2,1-2H3. The van der Waals surface area contributed by atoms with Crippen LogP contribution in [0.2, 0.25) is 0 Å². The molecule has 0 fully saturated rings. The quantitative estimate of drug-likeness (QED) is 0.672. The lowest BCUT2D eigenvalue weighted by atomic mass is 10.3. The minimum atomic E-state index is -3.52. The zero-order valence-electron chi connectivity index (χ0n) is 10.8. The molecule has 4 nitrogen and oxygen atoms in total. The molecule has 8 heteroatoms. The number of thioether (sulfide) groups is 1. The highest BCUT2D eigenvalue weighted by molar-refractivity contribution is 9.11. The first-order valence-corrected chi connectivity index (χ1v) is 10.1. The van der Waals surface area contributed by atoms with E-state index in [0.717, 1.165) is 17.9 Å². The summed E-state index contributed by atoms with van der Waals surface area (Å²) in [5.41, 5.74) is 0. The number of halogens is 1. The first-order chi connectivity index (χ1) is 8.90. The van der Waals surface area contributed by atoms with Crippen LogP contribution >= 0.6 is 39.0 Å². The minimum Gasteiger partial charge on any atom is -0.391 e. The van der Waals surface area contributed by atoms with E-state index in [4.69, 9.17) is 5.11 Å². The highest BCUT2D eigenvalue weighted by Gasteiger charge is 2.22. The largest absolute Gasteiger partial charge is 0.391 e. The molecule has 1 aromatic rings. The van der Waals surface area contributed by atoms with Gasteiger partial charge in [0, 0.05) is 10.9 Å². The van der Waals surface area contributed by atoms with E-state index in [1.54, 1.807) is 11.8 Å². The van der Waals surface area contributed by atoms with Gasteiger partial charge in [0.1, 0.15) is 4.90 Å². The van der Waals surface area contributed by atoms with Crippen LogP contribution in [-0.2, 0) is 16.6 Å². The van der Waals surface area contributed by atoms with Crippen LogP contribution in [-0.4, -0.2) is 31.1 Å². The zero-order chi connectivity index (χ0) is 14.5. The van der Waals surface area contributed by atoms with Crippen LogP contribution in [0.3, 0.4) is 0 Å². The van der Waals surface area contributed by atoms with Crippen LogP contribution < -0.4 is 4.72 Å². The van der Waals surface area contributed by atoms with E-state index in [9.17, 15) is 8.42 Å². The summed E-state index contributed by atoms with van der Waals surface area (Å²) in [7, 11) is -3.52. The van der Waals surface area contributed by atoms with E-state index in [1.807, 2.05) is 6.92 Å². The lowest BCUT2D eigenvalue weighted by molar-refractivity contribution is 0.285. The van der Waals surface area contributed by atoms with Gasteiger partial charge in [0.2, 0.25) is 10.0 Å². The van der Waals surface area contributed by atoms with E-state index in [1.165, 1.54) is 17.4 Å². The van der Waals surface area contributed by atoms with Crippen LogP contribution in [0.15, 0.2) is 14.7 Å². The van der Waals surface area contributed by atoms with Gasteiger partial charge in [-0.3, -0.25) is 0 Å². The second kappa shape index (κ2) is 7.99. The number of thiophene rings is 1. The third-order valence-corrected chi connectivity index (χ3v) is 7.17. The molecular formula is C11H18BrNO3S3. The van der Waals surface area contributed by atoms with Crippen molar-refractivity contribution in [2.75, 3.05) is 11.5 Å².